The Labute approximate surface area is 163 Å². The van der Waals surface area contributed by atoms with Crippen LogP contribution in [0.1, 0.15) is 51.8 Å². The van der Waals surface area contributed by atoms with E-state index in [0.717, 1.165) is 22.5 Å². The van der Waals surface area contributed by atoms with Crippen LogP contribution in [0, 0.1) is 13.8 Å². The summed E-state index contributed by atoms with van der Waals surface area (Å²) in [5, 5.41) is 2.72. The number of esters is 1. The lowest BCUT2D eigenvalue weighted by atomic mass is 10.1. The Morgan fingerprint density at radius 1 is 1.25 bits per heavy atom. The van der Waals surface area contributed by atoms with Crippen molar-refractivity contribution in [3.05, 3.63) is 58.4 Å². The highest BCUT2D eigenvalue weighted by Crippen LogP contribution is 2.38. The number of amides is 1. The topological polar surface area (TPSA) is 77.4 Å². The maximum Gasteiger partial charge on any atom is 0.331 e. The van der Waals surface area contributed by atoms with Crippen molar-refractivity contribution in [2.75, 3.05) is 11.9 Å². The monoisotopic (exact) mass is 378 g/mol. The van der Waals surface area contributed by atoms with Crippen LogP contribution in [0.25, 0.3) is 6.08 Å². The van der Waals surface area contributed by atoms with Crippen molar-refractivity contribution in [2.45, 2.75) is 39.2 Å². The van der Waals surface area contributed by atoms with Crippen molar-refractivity contribution in [2.24, 2.45) is 0 Å². The molecule has 0 unspecified atom stereocenters. The molecule has 1 fully saturated rings. The number of ether oxygens (including phenoxy) is 1. The fraction of sp³-hybridized carbons (Fsp3) is 0.318. The van der Waals surface area contributed by atoms with Crippen molar-refractivity contribution in [1.82, 2.24) is 4.57 Å². The van der Waals surface area contributed by atoms with E-state index in [-0.39, 0.29) is 24.7 Å². The minimum absolute atomic E-state index is 0.0859. The van der Waals surface area contributed by atoms with Gasteiger partial charge in [-0.3, -0.25) is 9.59 Å². The predicted octanol–water partition coefficient (Wildman–Crippen LogP) is 3.37. The third-order valence-electron chi connectivity index (χ3n) is 5.23. The SMILES string of the molecule is Cc1cc(/C=C/C(=O)OCC(=O)c2ccc3c(c2)CC(=O)N3)c(C)n1C1CC1. The van der Waals surface area contributed by atoms with Crippen LogP contribution in [0.4, 0.5) is 5.69 Å². The van der Waals surface area contributed by atoms with Gasteiger partial charge >= 0.3 is 5.97 Å². The van der Waals surface area contributed by atoms with Crippen molar-refractivity contribution in [3.63, 3.8) is 0 Å². The fourth-order valence-electron chi connectivity index (χ4n) is 3.69. The Morgan fingerprint density at radius 3 is 2.79 bits per heavy atom. The van der Waals surface area contributed by atoms with E-state index < -0.39 is 5.97 Å². The molecule has 1 aliphatic heterocycles. The quantitative estimate of drug-likeness (QED) is 0.475. The smallest absolute Gasteiger partial charge is 0.331 e. The molecule has 1 saturated carbocycles. The fourth-order valence-corrected chi connectivity index (χ4v) is 3.69. The molecule has 2 heterocycles. The number of rotatable bonds is 6. The van der Waals surface area contributed by atoms with Gasteiger partial charge in [0, 0.05) is 34.8 Å². The van der Waals surface area contributed by atoms with Crippen molar-refractivity contribution < 1.29 is 19.1 Å². The van der Waals surface area contributed by atoms with E-state index in [1.807, 2.05) is 6.92 Å². The lowest BCUT2D eigenvalue weighted by Crippen LogP contribution is -2.12. The largest absolute Gasteiger partial charge is 0.454 e. The van der Waals surface area contributed by atoms with Gasteiger partial charge in [0.2, 0.25) is 5.91 Å². The summed E-state index contributed by atoms with van der Waals surface area (Å²) in [6.07, 6.45) is 5.77. The summed E-state index contributed by atoms with van der Waals surface area (Å²) in [7, 11) is 0. The maximum atomic E-state index is 12.3. The van der Waals surface area contributed by atoms with Crippen LogP contribution in [-0.2, 0) is 20.7 Å². The zero-order valence-corrected chi connectivity index (χ0v) is 16.0. The number of Topliss-reactive ketones (excluding diaryl/α,β-unsaturated/α-hetero) is 1. The molecular weight excluding hydrogens is 356 g/mol. The second-order valence-electron chi connectivity index (χ2n) is 7.39. The zero-order chi connectivity index (χ0) is 19.8. The van der Waals surface area contributed by atoms with Gasteiger partial charge in [-0.2, -0.15) is 0 Å². The first-order valence-corrected chi connectivity index (χ1v) is 9.41. The second-order valence-corrected chi connectivity index (χ2v) is 7.39. The molecule has 6 nitrogen and oxygen atoms in total. The molecule has 0 spiro atoms. The minimum atomic E-state index is -0.553. The Hall–Kier alpha value is -3.15. The minimum Gasteiger partial charge on any atom is -0.454 e. The zero-order valence-electron chi connectivity index (χ0n) is 16.0. The summed E-state index contributed by atoms with van der Waals surface area (Å²) in [6.45, 7) is 3.79. The van der Waals surface area contributed by atoms with Gasteiger partial charge in [-0.25, -0.2) is 4.79 Å². The predicted molar refractivity (Wildman–Crippen MR) is 105 cm³/mol. The number of fused-ring (bicyclic) bond motifs is 1. The van der Waals surface area contributed by atoms with Crippen molar-refractivity contribution in [1.29, 1.82) is 0 Å². The Balaban J connectivity index is 1.35. The number of nitrogens with zero attached hydrogens (tertiary/aromatic N) is 1. The molecule has 144 valence electrons. The average molecular weight is 378 g/mol. The van der Waals surface area contributed by atoms with Gasteiger partial charge < -0.3 is 14.6 Å². The van der Waals surface area contributed by atoms with Crippen LogP contribution in [0.2, 0.25) is 0 Å². The van der Waals surface area contributed by atoms with Crippen LogP contribution in [0.3, 0.4) is 0 Å². The summed E-state index contributed by atoms with van der Waals surface area (Å²) < 4.78 is 7.40. The normalized spacial score (nSPS) is 15.6. The Bertz CT molecular complexity index is 1010. The molecular formula is C22H22N2O4. The molecule has 0 bridgehead atoms. The third-order valence-corrected chi connectivity index (χ3v) is 5.23. The van der Waals surface area contributed by atoms with E-state index in [9.17, 15) is 14.4 Å². The van der Waals surface area contributed by atoms with Crippen LogP contribution < -0.4 is 5.32 Å². The van der Waals surface area contributed by atoms with Crippen LogP contribution in [0.5, 0.6) is 0 Å². The molecule has 6 heteroatoms. The molecule has 2 aliphatic rings. The van der Waals surface area contributed by atoms with Crippen molar-refractivity contribution in [3.8, 4) is 0 Å². The van der Waals surface area contributed by atoms with Gasteiger partial charge in [0.1, 0.15) is 0 Å². The highest BCUT2D eigenvalue weighted by Gasteiger charge is 2.26. The Kier molecular flexibility index (Phi) is 4.63. The summed E-state index contributed by atoms with van der Waals surface area (Å²) in [5.74, 6) is -0.935. The summed E-state index contributed by atoms with van der Waals surface area (Å²) in [6, 6.07) is 7.65. The number of ketones is 1. The number of aromatic nitrogens is 1. The number of anilines is 1. The molecule has 0 radical (unpaired) electrons. The van der Waals surface area contributed by atoms with Crippen molar-refractivity contribution >= 4 is 29.4 Å². The van der Waals surface area contributed by atoms with Gasteiger partial charge in [-0.1, -0.05) is 0 Å². The van der Waals surface area contributed by atoms with E-state index in [0.29, 0.717) is 11.6 Å². The molecule has 4 rings (SSSR count). The standard InChI is InChI=1S/C22H22N2O4/c1-13-9-15(14(2)24(13)18-5-6-18)4-8-22(27)28-12-20(25)16-3-7-19-17(10-16)11-21(26)23-19/h3-4,7-10,18H,5-6,11-12H2,1-2H3,(H,23,26)/b8-4+. The number of nitrogens with one attached hydrogen (secondary N) is 1. The molecule has 1 aromatic heterocycles. The van der Waals surface area contributed by atoms with Crippen LogP contribution in [0.15, 0.2) is 30.3 Å². The van der Waals surface area contributed by atoms with Crippen LogP contribution >= 0.6 is 0 Å². The van der Waals surface area contributed by atoms with E-state index in [4.69, 9.17) is 4.74 Å². The lowest BCUT2D eigenvalue weighted by Gasteiger charge is -2.06. The van der Waals surface area contributed by atoms with E-state index in [2.05, 4.69) is 22.9 Å². The molecule has 28 heavy (non-hydrogen) atoms. The van der Waals surface area contributed by atoms with Gasteiger partial charge in [-0.15, -0.1) is 0 Å². The maximum absolute atomic E-state index is 12.3. The van der Waals surface area contributed by atoms with E-state index in [1.165, 1.54) is 24.6 Å². The highest BCUT2D eigenvalue weighted by atomic mass is 16.5. The molecule has 2 aromatic rings. The average Bonchev–Trinajstić information content (AvgIpc) is 3.35. The number of hydrogen-bond donors (Lipinski definition) is 1. The number of benzene rings is 1. The molecule has 1 aliphatic carbocycles. The van der Waals surface area contributed by atoms with E-state index in [1.54, 1.807) is 24.3 Å². The number of carbonyl (C=O) groups is 3. The van der Waals surface area contributed by atoms with Gasteiger partial charge in [0.05, 0.1) is 6.42 Å². The van der Waals surface area contributed by atoms with E-state index >= 15 is 0 Å². The first-order chi connectivity index (χ1) is 13.4. The first kappa shape index (κ1) is 18.2. The molecule has 0 saturated heterocycles. The van der Waals surface area contributed by atoms with Gasteiger partial charge in [0.15, 0.2) is 12.4 Å². The molecule has 1 amide bonds. The number of hydrogen-bond acceptors (Lipinski definition) is 4. The third kappa shape index (κ3) is 3.63. The number of carbonyl (C=O) groups excluding carboxylic acids is 3. The lowest BCUT2D eigenvalue weighted by molar-refractivity contribution is -0.136. The molecule has 1 aromatic carbocycles. The Morgan fingerprint density at radius 2 is 2.04 bits per heavy atom. The van der Waals surface area contributed by atoms with Gasteiger partial charge in [0.25, 0.3) is 0 Å². The first-order valence-electron chi connectivity index (χ1n) is 9.41. The highest BCUT2D eigenvalue weighted by molar-refractivity contribution is 6.03. The summed E-state index contributed by atoms with van der Waals surface area (Å²) in [4.78, 5) is 35.7. The molecule has 1 N–H and O–H groups in total. The number of aryl methyl sites for hydroxylation is 1. The molecule has 0 atom stereocenters. The van der Waals surface area contributed by atoms with Crippen LogP contribution in [-0.4, -0.2) is 28.8 Å². The second kappa shape index (κ2) is 7.11. The summed E-state index contributed by atoms with van der Waals surface area (Å²) >= 11 is 0. The summed E-state index contributed by atoms with van der Waals surface area (Å²) in [5.41, 5.74) is 5.26. The van der Waals surface area contributed by atoms with Gasteiger partial charge in [-0.05, 0) is 68.2 Å².